The topological polar surface area (TPSA) is 70.0 Å². The van der Waals surface area contributed by atoms with Crippen molar-refractivity contribution in [2.24, 2.45) is 0 Å². The lowest BCUT2D eigenvalue weighted by molar-refractivity contribution is -0.139. The molecule has 0 aliphatic carbocycles. The zero-order valence-corrected chi connectivity index (χ0v) is 12.1. The van der Waals surface area contributed by atoms with Gasteiger partial charge in [0.15, 0.2) is 0 Å². The van der Waals surface area contributed by atoms with Gasteiger partial charge in [-0.25, -0.2) is 0 Å². The van der Waals surface area contributed by atoms with Crippen LogP contribution < -0.4 is 0 Å². The van der Waals surface area contributed by atoms with Gasteiger partial charge in [0.25, 0.3) is 5.91 Å². The molecule has 0 bridgehead atoms. The summed E-state index contributed by atoms with van der Waals surface area (Å²) in [4.78, 5) is 14.3. The number of phenolic OH excluding ortho intramolecular Hbond substituents is 1. The third kappa shape index (κ3) is 2.94. The fourth-order valence-corrected chi connectivity index (χ4v) is 2.57. The fourth-order valence-electron chi connectivity index (χ4n) is 2.57. The van der Waals surface area contributed by atoms with E-state index in [1.54, 1.807) is 30.0 Å². The van der Waals surface area contributed by atoms with E-state index in [4.69, 9.17) is 4.74 Å². The van der Waals surface area contributed by atoms with Gasteiger partial charge in [0.2, 0.25) is 0 Å². The predicted octanol–water partition coefficient (Wildman–Crippen LogP) is 1.31. The van der Waals surface area contributed by atoms with Crippen LogP contribution in [0.5, 0.6) is 5.75 Å². The van der Waals surface area contributed by atoms with Crippen molar-refractivity contribution < 1.29 is 19.7 Å². The molecule has 0 spiro atoms. The van der Waals surface area contributed by atoms with E-state index in [0.29, 0.717) is 24.2 Å². The Morgan fingerprint density at radius 2 is 2.20 bits per heavy atom. The standard InChI is InChI=1S/C15H21NO4/c1-10-12(5-4-6-13(10)18)14(19)16-7-11(8-17)20-15(2,3)9-16/h4-6,11,17-18H,7-9H2,1-3H3. The summed E-state index contributed by atoms with van der Waals surface area (Å²) in [6.45, 7) is 6.20. The quantitative estimate of drug-likeness (QED) is 0.856. The maximum Gasteiger partial charge on any atom is 0.254 e. The molecule has 20 heavy (non-hydrogen) atoms. The summed E-state index contributed by atoms with van der Waals surface area (Å²) in [7, 11) is 0. The van der Waals surface area contributed by atoms with Gasteiger partial charge >= 0.3 is 0 Å². The minimum Gasteiger partial charge on any atom is -0.508 e. The predicted molar refractivity (Wildman–Crippen MR) is 74.8 cm³/mol. The molecule has 1 unspecified atom stereocenters. The molecule has 1 fully saturated rings. The van der Waals surface area contributed by atoms with Crippen LogP contribution in [0.1, 0.15) is 29.8 Å². The molecule has 1 amide bonds. The molecule has 110 valence electrons. The number of nitrogens with zero attached hydrogens (tertiary/aromatic N) is 1. The van der Waals surface area contributed by atoms with Crippen LogP contribution in [-0.2, 0) is 4.74 Å². The summed E-state index contributed by atoms with van der Waals surface area (Å²) in [5, 5.41) is 19.0. The summed E-state index contributed by atoms with van der Waals surface area (Å²) >= 11 is 0. The highest BCUT2D eigenvalue weighted by Crippen LogP contribution is 2.25. The second kappa shape index (κ2) is 5.42. The van der Waals surface area contributed by atoms with Gasteiger partial charge in [0, 0.05) is 24.2 Å². The first-order valence-corrected chi connectivity index (χ1v) is 6.70. The molecule has 1 aliphatic heterocycles. The molecular weight excluding hydrogens is 258 g/mol. The van der Waals surface area contributed by atoms with Crippen LogP contribution in [0.2, 0.25) is 0 Å². The molecule has 1 aromatic carbocycles. The number of aromatic hydroxyl groups is 1. The van der Waals surface area contributed by atoms with Crippen molar-refractivity contribution >= 4 is 5.91 Å². The van der Waals surface area contributed by atoms with E-state index in [-0.39, 0.29) is 24.4 Å². The van der Waals surface area contributed by atoms with Gasteiger partial charge in [-0.15, -0.1) is 0 Å². The lowest BCUT2D eigenvalue weighted by Gasteiger charge is -2.42. The number of aliphatic hydroxyl groups excluding tert-OH is 1. The molecule has 1 saturated heterocycles. The van der Waals surface area contributed by atoms with Gasteiger partial charge in [-0.05, 0) is 32.9 Å². The third-order valence-corrected chi connectivity index (χ3v) is 3.51. The number of aliphatic hydroxyl groups is 1. The molecule has 1 atom stereocenters. The highest BCUT2D eigenvalue weighted by Gasteiger charge is 2.36. The molecule has 0 saturated carbocycles. The van der Waals surface area contributed by atoms with E-state index in [2.05, 4.69) is 0 Å². The SMILES string of the molecule is Cc1c(O)cccc1C(=O)N1CC(CO)OC(C)(C)C1. The number of amides is 1. The normalized spacial score (nSPS) is 21.8. The molecule has 1 aromatic rings. The van der Waals surface area contributed by atoms with E-state index >= 15 is 0 Å². The Bertz CT molecular complexity index is 513. The van der Waals surface area contributed by atoms with Gasteiger partial charge in [0.1, 0.15) is 5.75 Å². The fraction of sp³-hybridized carbons (Fsp3) is 0.533. The van der Waals surface area contributed by atoms with Crippen molar-refractivity contribution in [1.29, 1.82) is 0 Å². The summed E-state index contributed by atoms with van der Waals surface area (Å²) in [6, 6.07) is 4.92. The third-order valence-electron chi connectivity index (χ3n) is 3.51. The smallest absolute Gasteiger partial charge is 0.254 e. The molecule has 5 nitrogen and oxygen atoms in total. The average molecular weight is 279 g/mol. The molecule has 1 heterocycles. The van der Waals surface area contributed by atoms with Crippen LogP contribution in [0.3, 0.4) is 0 Å². The van der Waals surface area contributed by atoms with E-state index < -0.39 is 5.60 Å². The minimum absolute atomic E-state index is 0.113. The Morgan fingerprint density at radius 1 is 1.50 bits per heavy atom. The maximum absolute atomic E-state index is 12.6. The number of hydrogen-bond acceptors (Lipinski definition) is 4. The summed E-state index contributed by atoms with van der Waals surface area (Å²) in [5.41, 5.74) is 0.563. The Labute approximate surface area is 118 Å². The second-order valence-electron chi connectivity index (χ2n) is 5.82. The van der Waals surface area contributed by atoms with E-state index in [1.807, 2.05) is 13.8 Å². The average Bonchev–Trinajstić information content (AvgIpc) is 2.39. The molecule has 1 aliphatic rings. The Kier molecular flexibility index (Phi) is 4.01. The van der Waals surface area contributed by atoms with Crippen molar-refractivity contribution in [1.82, 2.24) is 4.90 Å². The number of hydrogen-bond donors (Lipinski definition) is 2. The second-order valence-corrected chi connectivity index (χ2v) is 5.82. The summed E-state index contributed by atoms with van der Waals surface area (Å²) in [5.74, 6) is -0.0321. The molecule has 2 rings (SSSR count). The van der Waals surface area contributed by atoms with Crippen LogP contribution in [0, 0.1) is 6.92 Å². The molecular formula is C15H21NO4. The van der Waals surface area contributed by atoms with Crippen molar-refractivity contribution in [3.8, 4) is 5.75 Å². The first kappa shape index (κ1) is 14.8. The molecule has 2 N–H and O–H groups in total. The summed E-state index contributed by atoms with van der Waals surface area (Å²) < 4.78 is 5.70. The van der Waals surface area contributed by atoms with E-state index in [1.165, 1.54) is 0 Å². The van der Waals surface area contributed by atoms with Gasteiger partial charge in [-0.2, -0.15) is 0 Å². The van der Waals surface area contributed by atoms with E-state index in [9.17, 15) is 15.0 Å². The first-order valence-electron chi connectivity index (χ1n) is 6.70. The van der Waals surface area contributed by atoms with Gasteiger partial charge < -0.3 is 19.8 Å². The number of benzene rings is 1. The number of ether oxygens (including phenoxy) is 1. The maximum atomic E-state index is 12.6. The van der Waals surface area contributed by atoms with Crippen molar-refractivity contribution in [2.45, 2.75) is 32.5 Å². The number of carbonyl (C=O) groups excluding carboxylic acids is 1. The highest BCUT2D eigenvalue weighted by molar-refractivity contribution is 5.96. The lowest BCUT2D eigenvalue weighted by atomic mass is 10.0. The number of phenols is 1. The van der Waals surface area contributed by atoms with Crippen LogP contribution in [-0.4, -0.2) is 52.4 Å². The summed E-state index contributed by atoms with van der Waals surface area (Å²) in [6.07, 6.45) is -0.375. The molecule has 5 heteroatoms. The van der Waals surface area contributed by atoms with Crippen LogP contribution in [0.25, 0.3) is 0 Å². The number of morpholine rings is 1. The first-order chi connectivity index (χ1) is 9.34. The largest absolute Gasteiger partial charge is 0.508 e. The van der Waals surface area contributed by atoms with Crippen LogP contribution in [0.4, 0.5) is 0 Å². The molecule has 0 radical (unpaired) electrons. The number of rotatable bonds is 2. The van der Waals surface area contributed by atoms with Gasteiger partial charge in [-0.1, -0.05) is 6.07 Å². The Balaban J connectivity index is 2.26. The Hall–Kier alpha value is -1.59. The lowest BCUT2D eigenvalue weighted by Crippen LogP contribution is -2.55. The van der Waals surface area contributed by atoms with Crippen molar-refractivity contribution in [3.05, 3.63) is 29.3 Å². The van der Waals surface area contributed by atoms with Gasteiger partial charge in [-0.3, -0.25) is 4.79 Å². The number of carbonyl (C=O) groups is 1. The minimum atomic E-state index is -0.494. The van der Waals surface area contributed by atoms with Crippen LogP contribution >= 0.6 is 0 Å². The monoisotopic (exact) mass is 279 g/mol. The highest BCUT2D eigenvalue weighted by atomic mass is 16.5. The zero-order chi connectivity index (χ0) is 14.9. The van der Waals surface area contributed by atoms with E-state index in [0.717, 1.165) is 0 Å². The van der Waals surface area contributed by atoms with Crippen LogP contribution in [0.15, 0.2) is 18.2 Å². The van der Waals surface area contributed by atoms with Crippen molar-refractivity contribution in [2.75, 3.05) is 19.7 Å². The molecule has 0 aromatic heterocycles. The zero-order valence-electron chi connectivity index (χ0n) is 12.1. The van der Waals surface area contributed by atoms with Gasteiger partial charge in [0.05, 0.1) is 18.3 Å². The Morgan fingerprint density at radius 3 is 2.85 bits per heavy atom. The van der Waals surface area contributed by atoms with Crippen molar-refractivity contribution in [3.63, 3.8) is 0 Å².